The first kappa shape index (κ1) is 11.8. The van der Waals surface area contributed by atoms with Crippen LogP contribution in [0.1, 0.15) is 0 Å². The van der Waals surface area contributed by atoms with E-state index in [0.717, 1.165) is 6.34 Å². The monoisotopic (exact) mass is 252 g/mol. The van der Waals surface area contributed by atoms with Gasteiger partial charge in [0, 0.05) is 0 Å². The van der Waals surface area contributed by atoms with Crippen LogP contribution < -0.4 is 10.6 Å². The lowest BCUT2D eigenvalue weighted by atomic mass is 10.2. The maximum absolute atomic E-state index is 12.0. The van der Waals surface area contributed by atoms with Gasteiger partial charge >= 0.3 is 12.1 Å². The van der Waals surface area contributed by atoms with Gasteiger partial charge in [-0.1, -0.05) is 0 Å². The van der Waals surface area contributed by atoms with Crippen molar-refractivity contribution in [2.75, 3.05) is 6.67 Å². The topological polar surface area (TPSA) is 83.0 Å². The van der Waals surface area contributed by atoms with E-state index < -0.39 is 30.3 Å². The number of rotatable bonds is 1. The SMILES string of the molecule is O=C1NC=NC2NCN(OC(=O)C(F)(F)F)C12. The Kier molecular flexibility index (Phi) is 2.75. The molecule has 0 aromatic rings. The summed E-state index contributed by atoms with van der Waals surface area (Å²) in [5.74, 6) is -2.97. The van der Waals surface area contributed by atoms with Gasteiger partial charge in [0.15, 0.2) is 6.04 Å². The van der Waals surface area contributed by atoms with Crippen LogP contribution in [0.3, 0.4) is 0 Å². The Labute approximate surface area is 92.6 Å². The average Bonchev–Trinajstić information content (AvgIpc) is 2.61. The van der Waals surface area contributed by atoms with Crippen LogP contribution in [-0.4, -0.2) is 48.3 Å². The summed E-state index contributed by atoms with van der Waals surface area (Å²) in [5.41, 5.74) is 0. The largest absolute Gasteiger partial charge is 0.492 e. The van der Waals surface area contributed by atoms with Crippen LogP contribution in [0.15, 0.2) is 4.99 Å². The Hall–Kier alpha value is -1.68. The Morgan fingerprint density at radius 1 is 1.59 bits per heavy atom. The Balaban J connectivity index is 2.06. The average molecular weight is 252 g/mol. The van der Waals surface area contributed by atoms with E-state index >= 15 is 0 Å². The maximum Gasteiger partial charge on any atom is 0.492 e. The van der Waals surface area contributed by atoms with Gasteiger partial charge < -0.3 is 10.2 Å². The van der Waals surface area contributed by atoms with Gasteiger partial charge in [-0.25, -0.2) is 4.79 Å². The van der Waals surface area contributed by atoms with Crippen LogP contribution in [0.5, 0.6) is 0 Å². The summed E-state index contributed by atoms with van der Waals surface area (Å²) >= 11 is 0. The number of hydroxylamine groups is 2. The highest BCUT2D eigenvalue weighted by atomic mass is 19.4. The lowest BCUT2D eigenvalue weighted by molar-refractivity contribution is -0.240. The first-order valence-electron chi connectivity index (χ1n) is 4.51. The number of carbonyl (C=O) groups excluding carboxylic acids is 2. The maximum atomic E-state index is 12.0. The van der Waals surface area contributed by atoms with Crippen molar-refractivity contribution in [2.24, 2.45) is 4.99 Å². The van der Waals surface area contributed by atoms with E-state index in [2.05, 4.69) is 20.5 Å². The molecule has 2 aliphatic heterocycles. The molecule has 0 bridgehead atoms. The summed E-state index contributed by atoms with van der Waals surface area (Å²) in [6, 6.07) is -1.09. The first-order valence-corrected chi connectivity index (χ1v) is 4.51. The van der Waals surface area contributed by atoms with Gasteiger partial charge in [-0.2, -0.15) is 13.2 Å². The lowest BCUT2D eigenvalue weighted by Crippen LogP contribution is -2.52. The zero-order valence-corrected chi connectivity index (χ0v) is 8.19. The van der Waals surface area contributed by atoms with Gasteiger partial charge in [-0.05, 0) is 0 Å². The molecule has 0 aromatic carbocycles. The van der Waals surface area contributed by atoms with Crippen molar-refractivity contribution < 1.29 is 27.6 Å². The number of hydrogen-bond acceptors (Lipinski definition) is 6. The normalized spacial score (nSPS) is 28.8. The van der Waals surface area contributed by atoms with E-state index in [0.29, 0.717) is 5.06 Å². The third kappa shape index (κ3) is 2.22. The fourth-order valence-corrected chi connectivity index (χ4v) is 1.47. The first-order chi connectivity index (χ1) is 7.89. The van der Waals surface area contributed by atoms with Gasteiger partial charge in [0.25, 0.3) is 0 Å². The molecule has 1 amide bonds. The summed E-state index contributed by atoms with van der Waals surface area (Å²) in [7, 11) is 0. The van der Waals surface area contributed by atoms with Crippen molar-refractivity contribution in [3.05, 3.63) is 0 Å². The summed E-state index contributed by atoms with van der Waals surface area (Å²) in [4.78, 5) is 29.8. The molecule has 2 unspecified atom stereocenters. The minimum atomic E-state index is -5.10. The van der Waals surface area contributed by atoms with Crippen molar-refractivity contribution in [1.82, 2.24) is 15.7 Å². The summed E-state index contributed by atoms with van der Waals surface area (Å²) < 4.78 is 35.9. The zero-order chi connectivity index (χ0) is 12.6. The van der Waals surface area contributed by atoms with Crippen molar-refractivity contribution >= 4 is 18.2 Å². The standard InChI is InChI=1S/C7H7F3N4O3/c8-7(9,10)6(16)17-14-2-13-4-3(14)5(15)12-1-11-4/h1,3-4,13H,2H2,(H,11,12,15). The van der Waals surface area contributed by atoms with E-state index in [1.807, 2.05) is 0 Å². The van der Waals surface area contributed by atoms with E-state index in [1.54, 1.807) is 0 Å². The molecule has 2 heterocycles. The summed E-state index contributed by atoms with van der Waals surface area (Å²) in [6.45, 7) is -0.206. The molecule has 0 aromatic heterocycles. The van der Waals surface area contributed by atoms with Gasteiger partial charge in [-0.3, -0.25) is 15.1 Å². The molecule has 10 heteroatoms. The van der Waals surface area contributed by atoms with Crippen LogP contribution in [0, 0.1) is 0 Å². The van der Waals surface area contributed by atoms with Crippen molar-refractivity contribution in [3.8, 4) is 0 Å². The quantitative estimate of drug-likeness (QED) is 0.607. The highest BCUT2D eigenvalue weighted by Gasteiger charge is 2.48. The molecule has 0 saturated carbocycles. The van der Waals surface area contributed by atoms with Crippen molar-refractivity contribution in [2.45, 2.75) is 18.4 Å². The van der Waals surface area contributed by atoms with Crippen molar-refractivity contribution in [1.29, 1.82) is 0 Å². The predicted molar refractivity (Wildman–Crippen MR) is 46.2 cm³/mol. The Bertz CT molecular complexity index is 383. The second-order valence-electron chi connectivity index (χ2n) is 3.33. The molecule has 0 spiro atoms. The van der Waals surface area contributed by atoms with E-state index in [4.69, 9.17) is 0 Å². The van der Waals surface area contributed by atoms with E-state index in [1.165, 1.54) is 0 Å². The number of fused-ring (bicyclic) bond motifs is 1. The minimum Gasteiger partial charge on any atom is -0.359 e. The van der Waals surface area contributed by atoms with Crippen molar-refractivity contribution in [3.63, 3.8) is 0 Å². The number of nitrogens with one attached hydrogen (secondary N) is 2. The number of halogens is 3. The molecular formula is C7H7F3N4O3. The molecule has 2 N–H and O–H groups in total. The molecule has 2 aliphatic rings. The smallest absolute Gasteiger partial charge is 0.359 e. The second kappa shape index (κ2) is 3.96. The minimum absolute atomic E-state index is 0.206. The molecule has 1 fully saturated rings. The molecule has 0 radical (unpaired) electrons. The summed E-state index contributed by atoms with van der Waals surface area (Å²) in [6.07, 6.45) is -4.69. The van der Waals surface area contributed by atoms with Crippen LogP contribution in [0.4, 0.5) is 13.2 Å². The molecular weight excluding hydrogens is 245 g/mol. The lowest BCUT2D eigenvalue weighted by Gasteiger charge is -2.24. The molecule has 1 saturated heterocycles. The highest BCUT2D eigenvalue weighted by molar-refractivity contribution is 5.94. The molecule has 2 rings (SSSR count). The number of nitrogens with zero attached hydrogens (tertiary/aromatic N) is 2. The van der Waals surface area contributed by atoms with Gasteiger partial charge in [-0.15, -0.1) is 5.06 Å². The van der Waals surface area contributed by atoms with E-state index in [-0.39, 0.29) is 6.67 Å². The second-order valence-corrected chi connectivity index (χ2v) is 3.33. The van der Waals surface area contributed by atoms with Gasteiger partial charge in [0.05, 0.1) is 13.0 Å². The zero-order valence-electron chi connectivity index (χ0n) is 8.19. The third-order valence-corrected chi connectivity index (χ3v) is 2.21. The van der Waals surface area contributed by atoms with Crippen LogP contribution >= 0.6 is 0 Å². The van der Waals surface area contributed by atoms with Crippen LogP contribution in [-0.2, 0) is 14.4 Å². The Morgan fingerprint density at radius 3 is 2.94 bits per heavy atom. The fourth-order valence-electron chi connectivity index (χ4n) is 1.47. The molecule has 2 atom stereocenters. The number of hydrogen-bond donors (Lipinski definition) is 2. The highest BCUT2D eigenvalue weighted by Crippen LogP contribution is 2.21. The van der Waals surface area contributed by atoms with Gasteiger partial charge in [0.2, 0.25) is 5.91 Å². The predicted octanol–water partition coefficient (Wildman–Crippen LogP) is -1.28. The van der Waals surface area contributed by atoms with Gasteiger partial charge in [0.1, 0.15) is 6.17 Å². The van der Waals surface area contributed by atoms with E-state index in [9.17, 15) is 22.8 Å². The molecule has 7 nitrogen and oxygen atoms in total. The number of carbonyl (C=O) groups is 2. The fraction of sp³-hybridized carbons (Fsp3) is 0.571. The van der Waals surface area contributed by atoms with Crippen LogP contribution in [0.2, 0.25) is 0 Å². The third-order valence-electron chi connectivity index (χ3n) is 2.21. The molecule has 0 aliphatic carbocycles. The number of alkyl halides is 3. The molecule has 17 heavy (non-hydrogen) atoms. The Morgan fingerprint density at radius 2 is 2.29 bits per heavy atom. The van der Waals surface area contributed by atoms with Crippen LogP contribution in [0.25, 0.3) is 0 Å². The molecule has 94 valence electrons. The summed E-state index contributed by atoms with van der Waals surface area (Å²) in [5, 5.41) is 5.45. The number of aliphatic imine (C=N–C) groups is 1. The number of amides is 1.